The standard InChI is InChI=1S/C23H34N2O3/c1-14-13-24-21(28-14)15(2)25-19(26)10-9-16-11-17(22(3,4)5)20(27)18(12-16)23(6,7)8/h11-13,15,27H,9-10H2,1-8H3,(H,25,26)/t15-/m0/s1. The van der Waals surface area contributed by atoms with Gasteiger partial charge in [0.25, 0.3) is 0 Å². The second kappa shape index (κ2) is 7.98. The number of amides is 1. The summed E-state index contributed by atoms with van der Waals surface area (Å²) in [4.78, 5) is 16.6. The first-order valence-electron chi connectivity index (χ1n) is 9.87. The van der Waals surface area contributed by atoms with Gasteiger partial charge in [-0.3, -0.25) is 4.79 Å². The Hall–Kier alpha value is -2.30. The van der Waals surface area contributed by atoms with Crippen LogP contribution in [-0.4, -0.2) is 16.0 Å². The first-order chi connectivity index (χ1) is 12.8. The summed E-state index contributed by atoms with van der Waals surface area (Å²) in [7, 11) is 0. The molecule has 2 aromatic rings. The van der Waals surface area contributed by atoms with Crippen LogP contribution in [0.3, 0.4) is 0 Å². The van der Waals surface area contributed by atoms with E-state index in [4.69, 9.17) is 4.42 Å². The zero-order valence-electron chi connectivity index (χ0n) is 18.4. The number of aromatic nitrogens is 1. The molecule has 0 aliphatic heterocycles. The van der Waals surface area contributed by atoms with Crippen molar-refractivity contribution in [3.05, 3.63) is 46.7 Å². The number of nitrogens with zero attached hydrogens (tertiary/aromatic N) is 1. The number of benzene rings is 1. The third kappa shape index (κ3) is 5.37. The normalized spacial score (nSPS) is 13.4. The number of nitrogens with one attached hydrogen (secondary N) is 1. The molecule has 2 N–H and O–H groups in total. The van der Waals surface area contributed by atoms with Gasteiger partial charge in [-0.2, -0.15) is 0 Å². The van der Waals surface area contributed by atoms with E-state index in [-0.39, 0.29) is 22.8 Å². The molecule has 154 valence electrons. The van der Waals surface area contributed by atoms with Crippen molar-refractivity contribution in [2.45, 2.75) is 85.1 Å². The fraction of sp³-hybridized carbons (Fsp3) is 0.565. The molecule has 1 atom stereocenters. The summed E-state index contributed by atoms with van der Waals surface area (Å²) in [6, 6.07) is 3.79. The van der Waals surface area contributed by atoms with E-state index in [1.54, 1.807) is 6.20 Å². The highest BCUT2D eigenvalue weighted by Crippen LogP contribution is 2.40. The van der Waals surface area contributed by atoms with Gasteiger partial charge >= 0.3 is 0 Å². The van der Waals surface area contributed by atoms with Crippen LogP contribution in [0.25, 0.3) is 0 Å². The lowest BCUT2D eigenvalue weighted by atomic mass is 9.78. The Labute approximate surface area is 168 Å². The van der Waals surface area contributed by atoms with E-state index in [0.717, 1.165) is 22.5 Å². The third-order valence-corrected chi connectivity index (χ3v) is 4.81. The Kier molecular flexibility index (Phi) is 6.27. The molecule has 2 rings (SSSR count). The highest BCUT2D eigenvalue weighted by molar-refractivity contribution is 5.76. The van der Waals surface area contributed by atoms with Crippen molar-refractivity contribution >= 4 is 5.91 Å². The average Bonchev–Trinajstić information content (AvgIpc) is 2.98. The van der Waals surface area contributed by atoms with Gasteiger partial charge in [0.15, 0.2) is 0 Å². The summed E-state index contributed by atoms with van der Waals surface area (Å²) in [6.07, 6.45) is 2.62. The van der Waals surface area contributed by atoms with Gasteiger partial charge in [-0.15, -0.1) is 0 Å². The van der Waals surface area contributed by atoms with Crippen LogP contribution >= 0.6 is 0 Å². The Bertz CT molecular complexity index is 803. The van der Waals surface area contributed by atoms with E-state index in [0.29, 0.717) is 24.5 Å². The number of hydrogen-bond donors (Lipinski definition) is 2. The number of aromatic hydroxyl groups is 1. The van der Waals surface area contributed by atoms with Crippen LogP contribution in [0.5, 0.6) is 5.75 Å². The number of phenolic OH excluding ortho intramolecular Hbond substituents is 1. The number of phenols is 1. The molecule has 1 amide bonds. The molecular formula is C23H34N2O3. The lowest BCUT2D eigenvalue weighted by Gasteiger charge is -2.28. The molecule has 0 saturated heterocycles. The molecule has 5 heteroatoms. The lowest BCUT2D eigenvalue weighted by molar-refractivity contribution is -0.121. The van der Waals surface area contributed by atoms with Crippen molar-refractivity contribution in [1.82, 2.24) is 10.3 Å². The van der Waals surface area contributed by atoms with Crippen molar-refractivity contribution in [2.24, 2.45) is 0 Å². The van der Waals surface area contributed by atoms with E-state index in [1.807, 2.05) is 26.0 Å². The molecule has 28 heavy (non-hydrogen) atoms. The lowest BCUT2D eigenvalue weighted by Crippen LogP contribution is -2.27. The summed E-state index contributed by atoms with van der Waals surface area (Å²) >= 11 is 0. The molecule has 0 aliphatic carbocycles. The SMILES string of the molecule is Cc1cnc([C@H](C)NC(=O)CCc2cc(C(C)(C)C)c(O)c(C(C)(C)C)c2)o1. The first-order valence-corrected chi connectivity index (χ1v) is 9.87. The van der Waals surface area contributed by atoms with Gasteiger partial charge in [-0.25, -0.2) is 4.98 Å². The largest absolute Gasteiger partial charge is 0.507 e. The molecule has 1 heterocycles. The van der Waals surface area contributed by atoms with Crippen molar-refractivity contribution in [3.8, 4) is 5.75 Å². The smallest absolute Gasteiger partial charge is 0.220 e. The summed E-state index contributed by atoms with van der Waals surface area (Å²) in [5, 5.41) is 13.7. The maximum Gasteiger partial charge on any atom is 0.220 e. The van der Waals surface area contributed by atoms with Crippen LogP contribution in [0, 0.1) is 6.92 Å². The summed E-state index contributed by atoms with van der Waals surface area (Å²) in [5.41, 5.74) is 2.53. The van der Waals surface area contributed by atoms with Gasteiger partial charge in [0.2, 0.25) is 11.8 Å². The van der Waals surface area contributed by atoms with Crippen LogP contribution in [0.4, 0.5) is 0 Å². The van der Waals surface area contributed by atoms with Crippen molar-refractivity contribution in [2.75, 3.05) is 0 Å². The zero-order valence-corrected chi connectivity index (χ0v) is 18.4. The number of aryl methyl sites for hydroxylation is 2. The molecule has 0 radical (unpaired) electrons. The number of carbonyl (C=O) groups is 1. The molecule has 0 spiro atoms. The van der Waals surface area contributed by atoms with Crippen molar-refractivity contribution < 1.29 is 14.3 Å². The highest BCUT2D eigenvalue weighted by atomic mass is 16.4. The molecule has 0 fully saturated rings. The summed E-state index contributed by atoms with van der Waals surface area (Å²) in [6.45, 7) is 16.2. The number of rotatable bonds is 5. The minimum atomic E-state index is -0.267. The average molecular weight is 387 g/mol. The molecular weight excluding hydrogens is 352 g/mol. The second-order valence-corrected chi connectivity index (χ2v) is 9.64. The Morgan fingerprint density at radius 2 is 1.68 bits per heavy atom. The van der Waals surface area contributed by atoms with Crippen molar-refractivity contribution in [3.63, 3.8) is 0 Å². The molecule has 5 nitrogen and oxygen atoms in total. The van der Waals surface area contributed by atoms with Crippen LogP contribution in [0.2, 0.25) is 0 Å². The molecule has 0 aliphatic rings. The van der Waals surface area contributed by atoms with Gasteiger partial charge in [-0.05, 0) is 47.8 Å². The summed E-state index contributed by atoms with van der Waals surface area (Å²) < 4.78 is 5.47. The van der Waals surface area contributed by atoms with E-state index in [1.165, 1.54) is 0 Å². The minimum absolute atomic E-state index is 0.0500. The molecule has 0 bridgehead atoms. The van der Waals surface area contributed by atoms with E-state index >= 15 is 0 Å². The van der Waals surface area contributed by atoms with Gasteiger partial charge in [0, 0.05) is 6.42 Å². The van der Waals surface area contributed by atoms with Crippen LogP contribution in [0.1, 0.15) is 89.3 Å². The Morgan fingerprint density at radius 3 is 2.11 bits per heavy atom. The molecule has 1 aromatic heterocycles. The Balaban J connectivity index is 2.16. The van der Waals surface area contributed by atoms with Gasteiger partial charge in [0.05, 0.1) is 6.20 Å². The zero-order chi connectivity index (χ0) is 21.3. The monoisotopic (exact) mass is 386 g/mol. The van der Waals surface area contributed by atoms with E-state index < -0.39 is 0 Å². The molecule has 1 aromatic carbocycles. The van der Waals surface area contributed by atoms with Crippen LogP contribution in [-0.2, 0) is 22.0 Å². The van der Waals surface area contributed by atoms with Gasteiger partial charge in [-0.1, -0.05) is 53.7 Å². The van der Waals surface area contributed by atoms with Crippen molar-refractivity contribution in [1.29, 1.82) is 0 Å². The first kappa shape index (κ1) is 22.0. The predicted molar refractivity (Wildman–Crippen MR) is 112 cm³/mol. The number of carbonyl (C=O) groups excluding carboxylic acids is 1. The number of hydrogen-bond acceptors (Lipinski definition) is 4. The molecule has 0 saturated carbocycles. The second-order valence-electron chi connectivity index (χ2n) is 9.64. The summed E-state index contributed by atoms with van der Waals surface area (Å²) in [5.74, 6) is 1.55. The predicted octanol–water partition coefficient (Wildman–Crippen LogP) is 5.09. The molecule has 0 unspecified atom stereocenters. The van der Waals surface area contributed by atoms with Crippen LogP contribution in [0.15, 0.2) is 22.7 Å². The third-order valence-electron chi connectivity index (χ3n) is 4.81. The highest BCUT2D eigenvalue weighted by Gasteiger charge is 2.26. The van der Waals surface area contributed by atoms with Gasteiger partial charge in [0.1, 0.15) is 17.6 Å². The topological polar surface area (TPSA) is 75.4 Å². The maximum absolute atomic E-state index is 12.4. The van der Waals surface area contributed by atoms with Crippen LogP contribution < -0.4 is 5.32 Å². The van der Waals surface area contributed by atoms with Gasteiger partial charge < -0.3 is 14.8 Å². The fourth-order valence-corrected chi connectivity index (χ4v) is 3.19. The quantitative estimate of drug-likeness (QED) is 0.750. The fourth-order valence-electron chi connectivity index (χ4n) is 3.19. The number of oxazole rings is 1. The van der Waals surface area contributed by atoms with E-state index in [2.05, 4.69) is 51.8 Å². The minimum Gasteiger partial charge on any atom is -0.507 e. The van der Waals surface area contributed by atoms with E-state index in [9.17, 15) is 9.90 Å². The Morgan fingerprint density at radius 1 is 1.14 bits per heavy atom. The maximum atomic E-state index is 12.4.